The second kappa shape index (κ2) is 11.4. The molecule has 0 bridgehead atoms. The fraction of sp³-hybridized carbons (Fsp3) is 0.500. The molecule has 1 aromatic heterocycles. The SMILES string of the molecule is CCNC(=O)c1noc(CCC(=O)NC[C@H]2CN(Cc3ccc(Cl)c(Cl)c3)CCO2)n1. The summed E-state index contributed by atoms with van der Waals surface area (Å²) in [5.41, 5.74) is 1.07. The van der Waals surface area contributed by atoms with E-state index >= 15 is 0 Å². The van der Waals surface area contributed by atoms with Gasteiger partial charge in [0.25, 0.3) is 11.7 Å². The Morgan fingerprint density at radius 2 is 2.10 bits per heavy atom. The molecule has 2 N–H and O–H groups in total. The van der Waals surface area contributed by atoms with Crippen LogP contribution in [-0.2, 0) is 22.5 Å². The van der Waals surface area contributed by atoms with E-state index in [-0.39, 0.29) is 36.6 Å². The zero-order valence-electron chi connectivity index (χ0n) is 17.2. The smallest absolute Gasteiger partial charge is 0.292 e. The normalized spacial score (nSPS) is 16.8. The number of halogens is 2. The van der Waals surface area contributed by atoms with Gasteiger partial charge in [-0.05, 0) is 24.6 Å². The van der Waals surface area contributed by atoms with E-state index in [0.717, 1.165) is 18.7 Å². The Hall–Kier alpha value is -2.20. The van der Waals surface area contributed by atoms with Gasteiger partial charge >= 0.3 is 0 Å². The molecule has 2 amide bonds. The van der Waals surface area contributed by atoms with Gasteiger partial charge in [0.1, 0.15) is 0 Å². The van der Waals surface area contributed by atoms with Crippen molar-refractivity contribution in [2.45, 2.75) is 32.4 Å². The van der Waals surface area contributed by atoms with Crippen molar-refractivity contribution in [1.82, 2.24) is 25.7 Å². The lowest BCUT2D eigenvalue weighted by molar-refractivity contribution is -0.122. The van der Waals surface area contributed by atoms with Crippen molar-refractivity contribution in [2.75, 3.05) is 32.8 Å². The average molecular weight is 470 g/mol. The van der Waals surface area contributed by atoms with Crippen molar-refractivity contribution < 1.29 is 18.8 Å². The van der Waals surface area contributed by atoms with Crippen molar-refractivity contribution >= 4 is 35.0 Å². The predicted molar refractivity (Wildman–Crippen MR) is 115 cm³/mol. The van der Waals surface area contributed by atoms with Crippen LogP contribution >= 0.6 is 23.2 Å². The number of rotatable bonds is 9. The van der Waals surface area contributed by atoms with Gasteiger partial charge in [-0.2, -0.15) is 4.98 Å². The predicted octanol–water partition coefficient (Wildman–Crippen LogP) is 2.08. The lowest BCUT2D eigenvalue weighted by atomic mass is 10.2. The zero-order valence-corrected chi connectivity index (χ0v) is 18.7. The molecule has 1 fully saturated rings. The fourth-order valence-corrected chi connectivity index (χ4v) is 3.49. The number of amides is 2. The van der Waals surface area contributed by atoms with Gasteiger partial charge in [-0.3, -0.25) is 14.5 Å². The van der Waals surface area contributed by atoms with E-state index < -0.39 is 5.91 Å². The van der Waals surface area contributed by atoms with Crippen LogP contribution in [0.2, 0.25) is 10.0 Å². The number of carbonyl (C=O) groups excluding carboxylic acids is 2. The average Bonchev–Trinajstić information content (AvgIpc) is 3.23. The first-order valence-corrected chi connectivity index (χ1v) is 10.9. The number of morpholine rings is 1. The molecule has 0 aliphatic carbocycles. The summed E-state index contributed by atoms with van der Waals surface area (Å²) in [7, 11) is 0. The van der Waals surface area contributed by atoms with Gasteiger partial charge < -0.3 is 19.9 Å². The largest absolute Gasteiger partial charge is 0.374 e. The van der Waals surface area contributed by atoms with E-state index in [1.165, 1.54) is 0 Å². The maximum Gasteiger partial charge on any atom is 0.292 e. The van der Waals surface area contributed by atoms with Crippen molar-refractivity contribution in [3.8, 4) is 0 Å². The van der Waals surface area contributed by atoms with Gasteiger partial charge in [-0.15, -0.1) is 0 Å². The van der Waals surface area contributed by atoms with Crippen LogP contribution in [0, 0.1) is 0 Å². The monoisotopic (exact) mass is 469 g/mol. The third kappa shape index (κ3) is 7.17. The third-order valence-electron chi connectivity index (χ3n) is 4.71. The number of benzene rings is 1. The first-order chi connectivity index (χ1) is 14.9. The molecule has 9 nitrogen and oxygen atoms in total. The van der Waals surface area contributed by atoms with Crippen molar-refractivity contribution in [2.24, 2.45) is 0 Å². The Labute approximate surface area is 190 Å². The van der Waals surface area contributed by atoms with Gasteiger partial charge in [-0.25, -0.2) is 0 Å². The van der Waals surface area contributed by atoms with E-state index in [2.05, 4.69) is 25.7 Å². The van der Waals surface area contributed by atoms with Gasteiger partial charge in [0.15, 0.2) is 0 Å². The topological polar surface area (TPSA) is 110 Å². The molecule has 0 spiro atoms. The molecule has 168 valence electrons. The molecule has 2 aromatic rings. The molecule has 31 heavy (non-hydrogen) atoms. The molecule has 1 aliphatic heterocycles. The van der Waals surface area contributed by atoms with Gasteiger partial charge in [0, 0.05) is 45.6 Å². The van der Waals surface area contributed by atoms with E-state index in [4.69, 9.17) is 32.5 Å². The Kier molecular flexibility index (Phi) is 8.65. The number of hydrogen-bond donors (Lipinski definition) is 2. The van der Waals surface area contributed by atoms with Crippen LogP contribution in [0.4, 0.5) is 0 Å². The highest BCUT2D eigenvalue weighted by atomic mass is 35.5. The van der Waals surface area contributed by atoms with Gasteiger partial charge in [0.2, 0.25) is 11.8 Å². The van der Waals surface area contributed by atoms with E-state index in [1.807, 2.05) is 12.1 Å². The molecule has 0 saturated carbocycles. The summed E-state index contributed by atoms with van der Waals surface area (Å²) < 4.78 is 10.8. The Balaban J connectivity index is 1.39. The summed E-state index contributed by atoms with van der Waals surface area (Å²) in [5, 5.41) is 10.1. The lowest BCUT2D eigenvalue weighted by Gasteiger charge is -2.33. The first-order valence-electron chi connectivity index (χ1n) is 10.1. The number of ether oxygens (including phenoxy) is 1. The molecule has 1 aromatic carbocycles. The molecule has 3 rings (SSSR count). The van der Waals surface area contributed by atoms with Crippen LogP contribution in [0.15, 0.2) is 22.7 Å². The van der Waals surface area contributed by atoms with E-state index in [0.29, 0.717) is 36.3 Å². The molecular weight excluding hydrogens is 445 g/mol. The Bertz CT molecular complexity index is 907. The van der Waals surface area contributed by atoms with Crippen LogP contribution in [0.25, 0.3) is 0 Å². The number of nitrogens with zero attached hydrogens (tertiary/aromatic N) is 3. The molecule has 1 atom stereocenters. The lowest BCUT2D eigenvalue weighted by Crippen LogP contribution is -2.47. The minimum Gasteiger partial charge on any atom is -0.374 e. The number of hydrogen-bond acceptors (Lipinski definition) is 7. The summed E-state index contributed by atoms with van der Waals surface area (Å²) in [4.78, 5) is 30.1. The summed E-state index contributed by atoms with van der Waals surface area (Å²) in [6, 6.07) is 5.61. The molecule has 1 saturated heterocycles. The minimum absolute atomic E-state index is 0.0325. The molecule has 2 heterocycles. The van der Waals surface area contributed by atoms with Crippen LogP contribution in [0.5, 0.6) is 0 Å². The molecule has 0 unspecified atom stereocenters. The molecule has 11 heteroatoms. The molecule has 0 radical (unpaired) electrons. The highest BCUT2D eigenvalue weighted by Gasteiger charge is 2.21. The van der Waals surface area contributed by atoms with Gasteiger partial charge in [0.05, 0.1) is 22.8 Å². The maximum atomic E-state index is 12.2. The third-order valence-corrected chi connectivity index (χ3v) is 5.45. The van der Waals surface area contributed by atoms with Crippen LogP contribution in [0.3, 0.4) is 0 Å². The van der Waals surface area contributed by atoms with Crippen molar-refractivity contribution in [3.63, 3.8) is 0 Å². The maximum absolute atomic E-state index is 12.2. The second-order valence-corrected chi connectivity index (χ2v) is 7.97. The van der Waals surface area contributed by atoms with Gasteiger partial charge in [-0.1, -0.05) is 34.4 Å². The fourth-order valence-electron chi connectivity index (χ4n) is 3.17. The quantitative estimate of drug-likeness (QED) is 0.578. The minimum atomic E-state index is -0.401. The molecule has 1 aliphatic rings. The van der Waals surface area contributed by atoms with Crippen LogP contribution < -0.4 is 10.6 Å². The summed E-state index contributed by atoms with van der Waals surface area (Å²) >= 11 is 12.1. The number of aromatic nitrogens is 2. The first kappa shape index (κ1) is 23.5. The Morgan fingerprint density at radius 3 is 2.87 bits per heavy atom. The highest BCUT2D eigenvalue weighted by molar-refractivity contribution is 6.42. The summed E-state index contributed by atoms with van der Waals surface area (Å²) in [6.45, 7) is 5.49. The van der Waals surface area contributed by atoms with Crippen LogP contribution in [0.1, 0.15) is 35.4 Å². The molecular formula is C20H25Cl2N5O4. The number of carbonyl (C=O) groups is 2. The number of nitrogens with one attached hydrogen (secondary N) is 2. The Morgan fingerprint density at radius 1 is 1.26 bits per heavy atom. The second-order valence-electron chi connectivity index (χ2n) is 7.15. The summed E-state index contributed by atoms with van der Waals surface area (Å²) in [5.74, 6) is -0.335. The van der Waals surface area contributed by atoms with Crippen LogP contribution in [-0.4, -0.2) is 65.7 Å². The van der Waals surface area contributed by atoms with Crippen molar-refractivity contribution in [1.29, 1.82) is 0 Å². The standard InChI is InChI=1S/C20H25Cl2N5O4/c1-2-23-20(29)19-25-18(31-26-19)6-5-17(28)24-10-14-12-27(7-8-30-14)11-13-3-4-15(21)16(22)9-13/h3-4,9,14H,2,5-8,10-12H2,1H3,(H,23,29)(H,24,28)/t14-/m0/s1. The highest BCUT2D eigenvalue weighted by Crippen LogP contribution is 2.23. The summed E-state index contributed by atoms with van der Waals surface area (Å²) in [6.07, 6.45) is 0.331. The zero-order chi connectivity index (χ0) is 22.2. The number of aryl methyl sites for hydroxylation is 1. The van der Waals surface area contributed by atoms with E-state index in [9.17, 15) is 9.59 Å². The van der Waals surface area contributed by atoms with Crippen molar-refractivity contribution in [3.05, 3.63) is 45.5 Å². The van der Waals surface area contributed by atoms with E-state index in [1.54, 1.807) is 13.0 Å².